The van der Waals surface area contributed by atoms with Crippen LogP contribution in [0.1, 0.15) is 18.1 Å². The Bertz CT molecular complexity index is 1060. The Morgan fingerprint density at radius 3 is 2.17 bits per heavy atom. The monoisotopic (exact) mass is 519 g/mol. The summed E-state index contributed by atoms with van der Waals surface area (Å²) in [7, 11) is -3.92. The lowest BCUT2D eigenvalue weighted by molar-refractivity contribution is -0.273. The van der Waals surface area contributed by atoms with Crippen LogP contribution in [0, 0.1) is 0 Å². The normalized spacial score (nSPS) is 24.2. The minimum atomic E-state index is -3.92. The quantitative estimate of drug-likeness (QED) is 0.318. The fraction of sp³-hybridized carbons (Fsp3) is 0.423. The molecule has 0 aromatic heterocycles. The van der Waals surface area contributed by atoms with Gasteiger partial charge in [-0.05, 0) is 11.1 Å². The van der Waals surface area contributed by atoms with E-state index in [4.69, 9.17) is 23.1 Å². The molecule has 0 bridgehead atoms. The number of rotatable bonds is 13. The summed E-state index contributed by atoms with van der Waals surface area (Å²) < 4.78 is 53.9. The van der Waals surface area contributed by atoms with Crippen molar-refractivity contribution in [2.45, 2.75) is 50.8 Å². The van der Waals surface area contributed by atoms with Gasteiger partial charge in [0.1, 0.15) is 24.4 Å². The second-order valence-corrected chi connectivity index (χ2v) is 10.0. The standard InChI is InChI=1S/C26H33NO8S/c1-4-15-32-26-23(27-19(2)28)25(33-17-21-13-9-6-10-14-21)24(35-36(3,29)30)22(34-26)18-31-16-20-11-7-5-8-12-20/h4-14,22-26H,1,15-18H2,2-3H3,(H,27,28)/t22-,23-,24-,25-,26+/m1/s1. The van der Waals surface area contributed by atoms with Crippen LogP contribution in [-0.4, -0.2) is 64.4 Å². The van der Waals surface area contributed by atoms with E-state index in [1.54, 1.807) is 6.08 Å². The van der Waals surface area contributed by atoms with Crippen LogP contribution in [0.2, 0.25) is 0 Å². The van der Waals surface area contributed by atoms with Crippen molar-refractivity contribution in [1.29, 1.82) is 0 Å². The number of nitrogens with one attached hydrogen (secondary N) is 1. The lowest BCUT2D eigenvalue weighted by Gasteiger charge is -2.45. The van der Waals surface area contributed by atoms with Gasteiger partial charge in [-0.1, -0.05) is 66.7 Å². The second kappa shape index (κ2) is 13.6. The van der Waals surface area contributed by atoms with Gasteiger partial charge in [-0.15, -0.1) is 6.58 Å². The molecule has 1 N–H and O–H groups in total. The first-order valence-corrected chi connectivity index (χ1v) is 13.4. The van der Waals surface area contributed by atoms with E-state index < -0.39 is 40.8 Å². The van der Waals surface area contributed by atoms with Gasteiger partial charge in [0, 0.05) is 6.92 Å². The van der Waals surface area contributed by atoms with Crippen LogP contribution in [0.3, 0.4) is 0 Å². The third kappa shape index (κ3) is 8.81. The smallest absolute Gasteiger partial charge is 0.264 e. The van der Waals surface area contributed by atoms with Crippen LogP contribution in [-0.2, 0) is 51.3 Å². The molecule has 3 rings (SSSR count). The van der Waals surface area contributed by atoms with Crippen molar-refractivity contribution in [2.75, 3.05) is 19.5 Å². The van der Waals surface area contributed by atoms with E-state index in [2.05, 4.69) is 11.9 Å². The van der Waals surface area contributed by atoms with Crippen LogP contribution in [0.25, 0.3) is 0 Å². The van der Waals surface area contributed by atoms with E-state index >= 15 is 0 Å². The average Bonchev–Trinajstić information content (AvgIpc) is 2.84. The molecular formula is C26H33NO8S. The van der Waals surface area contributed by atoms with Crippen molar-refractivity contribution in [2.24, 2.45) is 0 Å². The first kappa shape index (κ1) is 28.0. The van der Waals surface area contributed by atoms with Crippen molar-refractivity contribution in [3.8, 4) is 0 Å². The summed E-state index contributed by atoms with van der Waals surface area (Å²) in [6.07, 6.45) is -1.37. The van der Waals surface area contributed by atoms with E-state index in [1.165, 1.54) is 6.92 Å². The van der Waals surface area contributed by atoms with Gasteiger partial charge in [-0.25, -0.2) is 0 Å². The molecule has 36 heavy (non-hydrogen) atoms. The zero-order valence-corrected chi connectivity index (χ0v) is 21.3. The third-order valence-electron chi connectivity index (χ3n) is 5.36. The average molecular weight is 520 g/mol. The Hall–Kier alpha value is -2.60. The molecular weight excluding hydrogens is 486 g/mol. The van der Waals surface area contributed by atoms with Crippen LogP contribution in [0.15, 0.2) is 73.3 Å². The summed E-state index contributed by atoms with van der Waals surface area (Å²) in [6, 6.07) is 18.1. The van der Waals surface area contributed by atoms with Crippen LogP contribution in [0.4, 0.5) is 0 Å². The number of amides is 1. The summed E-state index contributed by atoms with van der Waals surface area (Å²) in [5.74, 6) is -0.360. The van der Waals surface area contributed by atoms with E-state index in [9.17, 15) is 13.2 Å². The molecule has 5 atom stereocenters. The first-order valence-electron chi connectivity index (χ1n) is 11.6. The molecule has 0 spiro atoms. The number of benzene rings is 2. The zero-order chi connectivity index (χ0) is 26.0. The molecule has 1 heterocycles. The van der Waals surface area contributed by atoms with Crippen molar-refractivity contribution in [3.05, 3.63) is 84.4 Å². The SMILES string of the molecule is C=CCO[C@H]1O[C@H](COCc2ccccc2)[C@@H](OS(C)(=O)=O)[C@H](OCc2ccccc2)[C@H]1NC(C)=O. The van der Waals surface area contributed by atoms with Gasteiger partial charge >= 0.3 is 0 Å². The molecule has 0 radical (unpaired) electrons. The van der Waals surface area contributed by atoms with Gasteiger partial charge in [-0.2, -0.15) is 8.42 Å². The van der Waals surface area contributed by atoms with Gasteiger partial charge in [0.05, 0.1) is 32.7 Å². The molecule has 1 fully saturated rings. The van der Waals surface area contributed by atoms with E-state index in [1.807, 2.05) is 60.7 Å². The lowest BCUT2D eigenvalue weighted by atomic mass is 9.96. The number of carbonyl (C=O) groups is 1. The zero-order valence-electron chi connectivity index (χ0n) is 20.4. The van der Waals surface area contributed by atoms with Crippen LogP contribution >= 0.6 is 0 Å². The molecule has 9 nitrogen and oxygen atoms in total. The van der Waals surface area contributed by atoms with Crippen molar-refractivity contribution in [3.63, 3.8) is 0 Å². The molecule has 10 heteroatoms. The maximum atomic E-state index is 12.2. The Kier molecular flexibility index (Phi) is 10.6. The van der Waals surface area contributed by atoms with Crippen molar-refractivity contribution < 1.29 is 36.3 Å². The van der Waals surface area contributed by atoms with Gasteiger partial charge in [0.25, 0.3) is 10.1 Å². The van der Waals surface area contributed by atoms with Gasteiger partial charge in [0.2, 0.25) is 5.91 Å². The Labute approximate surface area is 212 Å². The molecule has 1 saturated heterocycles. The van der Waals surface area contributed by atoms with E-state index in [-0.39, 0.29) is 32.3 Å². The summed E-state index contributed by atoms with van der Waals surface area (Å²) in [6.45, 7) is 5.59. The Balaban J connectivity index is 1.88. The molecule has 2 aromatic rings. The maximum Gasteiger partial charge on any atom is 0.264 e. The molecule has 1 aliphatic heterocycles. The molecule has 1 aliphatic rings. The molecule has 0 saturated carbocycles. The molecule has 2 aromatic carbocycles. The van der Waals surface area contributed by atoms with E-state index in [0.29, 0.717) is 0 Å². The van der Waals surface area contributed by atoms with Gasteiger partial charge in [0.15, 0.2) is 6.29 Å². The van der Waals surface area contributed by atoms with Crippen LogP contribution < -0.4 is 5.32 Å². The highest BCUT2D eigenvalue weighted by molar-refractivity contribution is 7.86. The van der Waals surface area contributed by atoms with E-state index in [0.717, 1.165) is 17.4 Å². The molecule has 0 unspecified atom stereocenters. The highest BCUT2D eigenvalue weighted by Gasteiger charge is 2.50. The number of carbonyl (C=O) groups excluding carboxylic acids is 1. The predicted molar refractivity (Wildman–Crippen MR) is 133 cm³/mol. The predicted octanol–water partition coefficient (Wildman–Crippen LogP) is 2.57. The second-order valence-electron chi connectivity index (χ2n) is 8.42. The summed E-state index contributed by atoms with van der Waals surface area (Å²) in [5, 5.41) is 2.78. The topological polar surface area (TPSA) is 109 Å². The fourth-order valence-electron chi connectivity index (χ4n) is 3.88. The summed E-state index contributed by atoms with van der Waals surface area (Å²) in [4.78, 5) is 12.1. The Morgan fingerprint density at radius 1 is 1.00 bits per heavy atom. The highest BCUT2D eigenvalue weighted by atomic mass is 32.2. The number of hydrogen-bond donors (Lipinski definition) is 1. The largest absolute Gasteiger partial charge is 0.374 e. The first-order chi connectivity index (χ1) is 17.3. The number of ether oxygens (including phenoxy) is 4. The number of hydrogen-bond acceptors (Lipinski definition) is 8. The minimum absolute atomic E-state index is 0.00101. The molecule has 196 valence electrons. The lowest BCUT2D eigenvalue weighted by Crippen LogP contribution is -2.66. The highest BCUT2D eigenvalue weighted by Crippen LogP contribution is 2.29. The summed E-state index contributed by atoms with van der Waals surface area (Å²) in [5.41, 5.74) is 1.81. The van der Waals surface area contributed by atoms with Gasteiger partial charge in [-0.3, -0.25) is 8.98 Å². The molecule has 0 aliphatic carbocycles. The van der Waals surface area contributed by atoms with Gasteiger partial charge < -0.3 is 24.3 Å². The van der Waals surface area contributed by atoms with Crippen molar-refractivity contribution >= 4 is 16.0 Å². The van der Waals surface area contributed by atoms with Crippen LogP contribution in [0.5, 0.6) is 0 Å². The Morgan fingerprint density at radius 2 is 1.61 bits per heavy atom. The maximum absolute atomic E-state index is 12.2. The summed E-state index contributed by atoms with van der Waals surface area (Å²) >= 11 is 0. The third-order valence-corrected chi connectivity index (χ3v) is 5.93. The van der Waals surface area contributed by atoms with Crippen molar-refractivity contribution in [1.82, 2.24) is 5.32 Å². The molecule has 1 amide bonds. The fourth-order valence-corrected chi connectivity index (χ4v) is 4.52. The minimum Gasteiger partial charge on any atom is -0.374 e.